The van der Waals surface area contributed by atoms with E-state index < -0.39 is 5.67 Å². The van der Waals surface area contributed by atoms with Gasteiger partial charge in [0.15, 0.2) is 5.67 Å². The molecular weight excluding hydrogens is 93.1 g/mol. The van der Waals surface area contributed by atoms with Gasteiger partial charge in [0.05, 0.1) is 6.54 Å². The highest BCUT2D eigenvalue weighted by molar-refractivity contribution is 4.73. The molecule has 1 saturated heterocycles. The van der Waals surface area contributed by atoms with Crippen LogP contribution in [-0.4, -0.2) is 18.8 Å². The second-order valence-corrected chi connectivity index (χ2v) is 2.44. The van der Waals surface area contributed by atoms with Crippen LogP contribution in [0, 0.1) is 0 Å². The van der Waals surface area contributed by atoms with Crippen molar-refractivity contribution in [3.8, 4) is 0 Å². The third-order valence-corrected chi connectivity index (χ3v) is 1.44. The first kappa shape index (κ1) is 5.04. The molecule has 0 aromatic rings. The van der Waals surface area contributed by atoms with Gasteiger partial charge >= 0.3 is 0 Å². The number of alkyl halides is 1. The topological polar surface area (TPSA) is 16.6 Å². The third-order valence-electron chi connectivity index (χ3n) is 1.44. The van der Waals surface area contributed by atoms with Gasteiger partial charge in [0, 0.05) is 6.42 Å². The standard InChI is InChI=1S/C5H10FN/c1-5(6)2-3-7-4-5/h7H,2-4H2,1H3/p+1. The van der Waals surface area contributed by atoms with E-state index in [-0.39, 0.29) is 0 Å². The summed E-state index contributed by atoms with van der Waals surface area (Å²) in [5, 5.41) is 2.01. The Hall–Kier alpha value is -0.110. The lowest BCUT2D eigenvalue weighted by Crippen LogP contribution is -2.82. The Morgan fingerprint density at radius 2 is 2.43 bits per heavy atom. The number of halogens is 1. The van der Waals surface area contributed by atoms with Crippen LogP contribution in [0.1, 0.15) is 13.3 Å². The average molecular weight is 104 g/mol. The molecule has 1 unspecified atom stereocenters. The number of hydrogen-bond acceptors (Lipinski definition) is 0. The molecule has 0 radical (unpaired) electrons. The quantitative estimate of drug-likeness (QED) is 0.434. The SMILES string of the molecule is CC1(F)CC[NH2+]C1. The summed E-state index contributed by atoms with van der Waals surface area (Å²) in [6.07, 6.45) is 0.729. The minimum atomic E-state index is -0.861. The van der Waals surface area contributed by atoms with Crippen molar-refractivity contribution in [3.05, 3.63) is 0 Å². The van der Waals surface area contributed by atoms with Gasteiger partial charge in [-0.15, -0.1) is 0 Å². The molecule has 1 aliphatic heterocycles. The summed E-state index contributed by atoms with van der Waals surface area (Å²) >= 11 is 0. The van der Waals surface area contributed by atoms with Crippen LogP contribution in [0.25, 0.3) is 0 Å². The molecule has 1 nitrogen and oxygen atoms in total. The highest BCUT2D eigenvalue weighted by atomic mass is 19.1. The van der Waals surface area contributed by atoms with Crippen molar-refractivity contribution >= 4 is 0 Å². The van der Waals surface area contributed by atoms with Crippen LogP contribution < -0.4 is 5.32 Å². The molecule has 1 fully saturated rings. The van der Waals surface area contributed by atoms with Crippen LogP contribution in [0.4, 0.5) is 4.39 Å². The van der Waals surface area contributed by atoms with Crippen LogP contribution in [0.2, 0.25) is 0 Å². The summed E-state index contributed by atoms with van der Waals surface area (Å²) in [5.41, 5.74) is -0.861. The van der Waals surface area contributed by atoms with Crippen molar-refractivity contribution in [1.82, 2.24) is 0 Å². The zero-order chi connectivity index (χ0) is 5.33. The molecule has 42 valence electrons. The Balaban J connectivity index is 2.40. The van der Waals surface area contributed by atoms with Crippen molar-refractivity contribution in [2.24, 2.45) is 0 Å². The van der Waals surface area contributed by atoms with Gasteiger partial charge in [-0.2, -0.15) is 0 Å². The molecule has 1 atom stereocenters. The smallest absolute Gasteiger partial charge is 0.161 e. The molecule has 1 aliphatic rings. The molecule has 0 bridgehead atoms. The predicted molar refractivity (Wildman–Crippen MR) is 25.8 cm³/mol. The summed E-state index contributed by atoms with van der Waals surface area (Å²) in [7, 11) is 0. The largest absolute Gasteiger partial charge is 0.344 e. The molecule has 2 N–H and O–H groups in total. The molecule has 1 rings (SSSR count). The maximum atomic E-state index is 12.6. The van der Waals surface area contributed by atoms with Gasteiger partial charge in [-0.3, -0.25) is 0 Å². The maximum absolute atomic E-state index is 12.6. The van der Waals surface area contributed by atoms with Gasteiger partial charge in [-0.05, 0) is 6.92 Å². The second kappa shape index (κ2) is 1.44. The fourth-order valence-corrected chi connectivity index (χ4v) is 0.908. The molecule has 0 amide bonds. The Labute approximate surface area is 42.9 Å². The van der Waals surface area contributed by atoms with Gasteiger partial charge in [-0.25, -0.2) is 4.39 Å². The van der Waals surface area contributed by atoms with E-state index in [0.717, 1.165) is 13.0 Å². The van der Waals surface area contributed by atoms with E-state index in [9.17, 15) is 4.39 Å². The lowest BCUT2D eigenvalue weighted by Gasteiger charge is -2.03. The maximum Gasteiger partial charge on any atom is 0.161 e. The zero-order valence-corrected chi connectivity index (χ0v) is 4.58. The van der Waals surface area contributed by atoms with Gasteiger partial charge in [0.2, 0.25) is 0 Å². The number of quaternary nitrogens is 1. The van der Waals surface area contributed by atoms with Crippen molar-refractivity contribution < 1.29 is 9.71 Å². The number of rotatable bonds is 0. The lowest BCUT2D eigenvalue weighted by atomic mass is 10.1. The molecule has 0 saturated carbocycles. The first-order valence-electron chi connectivity index (χ1n) is 2.71. The van der Waals surface area contributed by atoms with E-state index in [2.05, 4.69) is 0 Å². The molecule has 0 spiro atoms. The third kappa shape index (κ3) is 1.13. The van der Waals surface area contributed by atoms with E-state index in [0.29, 0.717) is 6.54 Å². The number of nitrogens with two attached hydrogens (primary N) is 1. The van der Waals surface area contributed by atoms with Gasteiger partial charge in [0.1, 0.15) is 6.54 Å². The summed E-state index contributed by atoms with van der Waals surface area (Å²) in [4.78, 5) is 0. The molecule has 2 heteroatoms. The highest BCUT2D eigenvalue weighted by Gasteiger charge is 2.30. The van der Waals surface area contributed by atoms with Crippen LogP contribution in [0.5, 0.6) is 0 Å². The van der Waals surface area contributed by atoms with E-state index in [1.165, 1.54) is 0 Å². The highest BCUT2D eigenvalue weighted by Crippen LogP contribution is 2.13. The monoisotopic (exact) mass is 104 g/mol. The van der Waals surface area contributed by atoms with Gasteiger partial charge in [0.25, 0.3) is 0 Å². The fourth-order valence-electron chi connectivity index (χ4n) is 0.908. The van der Waals surface area contributed by atoms with Crippen molar-refractivity contribution in [2.75, 3.05) is 13.1 Å². The van der Waals surface area contributed by atoms with Crippen LogP contribution in [0.15, 0.2) is 0 Å². The second-order valence-electron chi connectivity index (χ2n) is 2.44. The Kier molecular flexibility index (Phi) is 1.04. The van der Waals surface area contributed by atoms with Crippen LogP contribution in [0.3, 0.4) is 0 Å². The predicted octanol–water partition coefficient (Wildman–Crippen LogP) is -0.318. The molecule has 0 aliphatic carbocycles. The van der Waals surface area contributed by atoms with Crippen molar-refractivity contribution in [2.45, 2.75) is 19.0 Å². The Morgan fingerprint density at radius 1 is 1.71 bits per heavy atom. The Bertz CT molecular complexity index is 62.5. The molecular formula is C5H11FN+. The van der Waals surface area contributed by atoms with Crippen molar-refractivity contribution in [3.63, 3.8) is 0 Å². The van der Waals surface area contributed by atoms with E-state index in [1.807, 2.05) is 5.32 Å². The molecule has 1 heterocycles. The first-order chi connectivity index (χ1) is 3.21. The molecule has 0 aromatic carbocycles. The van der Waals surface area contributed by atoms with E-state index in [4.69, 9.17) is 0 Å². The minimum absolute atomic E-state index is 0.660. The average Bonchev–Trinajstić information content (AvgIpc) is 1.84. The summed E-state index contributed by atoms with van der Waals surface area (Å²) in [6, 6.07) is 0. The summed E-state index contributed by atoms with van der Waals surface area (Å²) < 4.78 is 12.6. The minimum Gasteiger partial charge on any atom is -0.344 e. The van der Waals surface area contributed by atoms with Crippen LogP contribution in [-0.2, 0) is 0 Å². The fraction of sp³-hybridized carbons (Fsp3) is 1.00. The first-order valence-corrected chi connectivity index (χ1v) is 2.71. The van der Waals surface area contributed by atoms with E-state index >= 15 is 0 Å². The summed E-state index contributed by atoms with van der Waals surface area (Å²) in [6.45, 7) is 3.29. The normalized spacial score (nSPS) is 42.0. The van der Waals surface area contributed by atoms with Crippen molar-refractivity contribution in [1.29, 1.82) is 0 Å². The van der Waals surface area contributed by atoms with E-state index in [1.54, 1.807) is 6.92 Å². The van der Waals surface area contributed by atoms with Crippen LogP contribution >= 0.6 is 0 Å². The zero-order valence-electron chi connectivity index (χ0n) is 4.58. The van der Waals surface area contributed by atoms with Gasteiger partial charge < -0.3 is 5.32 Å². The lowest BCUT2D eigenvalue weighted by molar-refractivity contribution is -0.640. The Morgan fingerprint density at radius 3 is 2.57 bits per heavy atom. The summed E-state index contributed by atoms with van der Waals surface area (Å²) in [5.74, 6) is 0. The molecule has 0 aromatic heterocycles. The molecule has 7 heavy (non-hydrogen) atoms. The number of hydrogen-bond donors (Lipinski definition) is 1. The van der Waals surface area contributed by atoms with Gasteiger partial charge in [-0.1, -0.05) is 0 Å².